The number of rotatable bonds is 3. The Balaban J connectivity index is 2.27. The van der Waals surface area contributed by atoms with Gasteiger partial charge in [-0.05, 0) is 43.5 Å². The van der Waals surface area contributed by atoms with Crippen LogP contribution in [0, 0.1) is 18.3 Å². The molecule has 1 fully saturated rings. The molecule has 2 unspecified atom stereocenters. The number of hydrogen-bond donors (Lipinski definition) is 1. The standard InChI is InChI=1S/C13H15ClN2O2S/c1-9-7-10(8-15)5-6-13(9)19(17,18)16-12-4-2-3-11(12)14/h5-7,11-12,16H,2-4H2,1H3. The molecule has 102 valence electrons. The van der Waals surface area contributed by atoms with Crippen molar-refractivity contribution in [3.8, 4) is 6.07 Å². The SMILES string of the molecule is Cc1cc(C#N)ccc1S(=O)(=O)NC1CCCC1Cl. The molecule has 0 radical (unpaired) electrons. The van der Waals surface area contributed by atoms with Crippen LogP contribution in [0.3, 0.4) is 0 Å². The fourth-order valence-electron chi connectivity index (χ4n) is 2.33. The van der Waals surface area contributed by atoms with E-state index >= 15 is 0 Å². The molecule has 0 amide bonds. The summed E-state index contributed by atoms with van der Waals surface area (Å²) in [5.74, 6) is 0. The van der Waals surface area contributed by atoms with Crippen LogP contribution in [-0.4, -0.2) is 19.8 Å². The first-order valence-corrected chi connectivity index (χ1v) is 8.03. The molecule has 1 aliphatic rings. The van der Waals surface area contributed by atoms with Crippen molar-refractivity contribution in [2.24, 2.45) is 0 Å². The van der Waals surface area contributed by atoms with Crippen LogP contribution in [0.5, 0.6) is 0 Å². The van der Waals surface area contributed by atoms with Gasteiger partial charge >= 0.3 is 0 Å². The summed E-state index contributed by atoms with van der Waals surface area (Å²) in [6.45, 7) is 1.68. The highest BCUT2D eigenvalue weighted by Gasteiger charge is 2.30. The third-order valence-electron chi connectivity index (χ3n) is 3.33. The minimum atomic E-state index is -3.58. The average molecular weight is 299 g/mol. The maximum absolute atomic E-state index is 12.3. The summed E-state index contributed by atoms with van der Waals surface area (Å²) in [6, 6.07) is 6.33. The zero-order chi connectivity index (χ0) is 14.0. The van der Waals surface area contributed by atoms with E-state index in [4.69, 9.17) is 16.9 Å². The van der Waals surface area contributed by atoms with Crippen LogP contribution in [0.1, 0.15) is 30.4 Å². The number of hydrogen-bond acceptors (Lipinski definition) is 3. The minimum Gasteiger partial charge on any atom is -0.207 e. The summed E-state index contributed by atoms with van der Waals surface area (Å²) in [6.07, 6.45) is 2.54. The van der Waals surface area contributed by atoms with E-state index in [1.54, 1.807) is 13.0 Å². The first-order chi connectivity index (χ1) is 8.94. The molecule has 2 rings (SSSR count). The number of nitriles is 1. The maximum atomic E-state index is 12.3. The molecular formula is C13H15ClN2O2S. The van der Waals surface area contributed by atoms with Crippen molar-refractivity contribution in [1.29, 1.82) is 5.26 Å². The van der Waals surface area contributed by atoms with E-state index < -0.39 is 10.0 Å². The number of nitrogens with zero attached hydrogens (tertiary/aromatic N) is 1. The van der Waals surface area contributed by atoms with Crippen molar-refractivity contribution in [3.05, 3.63) is 29.3 Å². The van der Waals surface area contributed by atoms with E-state index in [0.717, 1.165) is 19.3 Å². The zero-order valence-electron chi connectivity index (χ0n) is 10.6. The molecule has 0 bridgehead atoms. The number of alkyl halides is 1. The van der Waals surface area contributed by atoms with E-state index in [-0.39, 0.29) is 16.3 Å². The second kappa shape index (κ2) is 5.49. The summed E-state index contributed by atoms with van der Waals surface area (Å²) < 4.78 is 27.3. The summed E-state index contributed by atoms with van der Waals surface area (Å²) in [5.41, 5.74) is 1.02. The molecule has 0 aromatic heterocycles. The first kappa shape index (κ1) is 14.3. The van der Waals surface area contributed by atoms with Gasteiger partial charge < -0.3 is 0 Å². The molecule has 0 saturated heterocycles. The third kappa shape index (κ3) is 3.08. The quantitative estimate of drug-likeness (QED) is 0.871. The second-order valence-corrected chi connectivity index (χ2v) is 7.01. The van der Waals surface area contributed by atoms with Crippen molar-refractivity contribution in [3.63, 3.8) is 0 Å². The van der Waals surface area contributed by atoms with Crippen molar-refractivity contribution >= 4 is 21.6 Å². The van der Waals surface area contributed by atoms with Gasteiger partial charge in [-0.2, -0.15) is 5.26 Å². The lowest BCUT2D eigenvalue weighted by molar-refractivity contribution is 0.553. The summed E-state index contributed by atoms with van der Waals surface area (Å²) >= 11 is 6.09. The molecule has 1 saturated carbocycles. The van der Waals surface area contributed by atoms with Crippen LogP contribution < -0.4 is 4.72 Å². The minimum absolute atomic E-state index is 0.145. The fourth-order valence-corrected chi connectivity index (χ4v) is 4.29. The van der Waals surface area contributed by atoms with Gasteiger partial charge in [-0.25, -0.2) is 13.1 Å². The van der Waals surface area contributed by atoms with Crippen molar-refractivity contribution < 1.29 is 8.42 Å². The fraction of sp³-hybridized carbons (Fsp3) is 0.462. The topological polar surface area (TPSA) is 70.0 Å². The van der Waals surface area contributed by atoms with E-state index in [1.165, 1.54) is 12.1 Å². The van der Waals surface area contributed by atoms with Crippen LogP contribution in [0.4, 0.5) is 0 Å². The Kier molecular flexibility index (Phi) is 4.14. The monoisotopic (exact) mass is 298 g/mol. The number of nitrogens with one attached hydrogen (secondary N) is 1. The summed E-state index contributed by atoms with van der Waals surface area (Å²) in [4.78, 5) is 0.210. The largest absolute Gasteiger partial charge is 0.241 e. The smallest absolute Gasteiger partial charge is 0.207 e. The Morgan fingerprint density at radius 1 is 1.42 bits per heavy atom. The molecule has 2 atom stereocenters. The second-order valence-electron chi connectivity index (χ2n) is 4.77. The third-order valence-corrected chi connectivity index (χ3v) is 5.50. The van der Waals surface area contributed by atoms with Crippen LogP contribution in [0.15, 0.2) is 23.1 Å². The normalized spacial score (nSPS) is 23.2. The Morgan fingerprint density at radius 3 is 2.68 bits per heavy atom. The van der Waals surface area contributed by atoms with E-state index in [0.29, 0.717) is 11.1 Å². The molecule has 4 nitrogen and oxygen atoms in total. The maximum Gasteiger partial charge on any atom is 0.241 e. The van der Waals surface area contributed by atoms with Crippen LogP contribution >= 0.6 is 11.6 Å². The van der Waals surface area contributed by atoms with Crippen LogP contribution in [0.25, 0.3) is 0 Å². The van der Waals surface area contributed by atoms with Crippen molar-refractivity contribution in [2.75, 3.05) is 0 Å². The van der Waals surface area contributed by atoms with Gasteiger partial charge in [-0.1, -0.05) is 6.42 Å². The van der Waals surface area contributed by atoms with Gasteiger partial charge in [0.15, 0.2) is 0 Å². The molecule has 1 aromatic carbocycles. The predicted octanol–water partition coefficient (Wildman–Crippen LogP) is 2.30. The van der Waals surface area contributed by atoms with E-state index in [1.807, 2.05) is 6.07 Å². The average Bonchev–Trinajstić information content (AvgIpc) is 2.73. The molecular weight excluding hydrogens is 284 g/mol. The zero-order valence-corrected chi connectivity index (χ0v) is 12.1. The Hall–Kier alpha value is -1.09. The molecule has 0 heterocycles. The lowest BCUT2D eigenvalue weighted by Crippen LogP contribution is -2.38. The molecule has 1 aliphatic carbocycles. The number of sulfonamides is 1. The molecule has 19 heavy (non-hydrogen) atoms. The van der Waals surface area contributed by atoms with E-state index in [2.05, 4.69) is 4.72 Å². The predicted molar refractivity (Wildman–Crippen MR) is 73.5 cm³/mol. The lowest BCUT2D eigenvalue weighted by Gasteiger charge is -2.17. The highest BCUT2D eigenvalue weighted by atomic mass is 35.5. The molecule has 1 aromatic rings. The molecule has 1 N–H and O–H groups in total. The number of aryl methyl sites for hydroxylation is 1. The van der Waals surface area contributed by atoms with Crippen LogP contribution in [0.2, 0.25) is 0 Å². The Bertz CT molecular complexity index is 622. The first-order valence-electron chi connectivity index (χ1n) is 6.11. The molecule has 0 spiro atoms. The number of benzene rings is 1. The molecule has 0 aliphatic heterocycles. The Labute approximate surface area is 118 Å². The van der Waals surface area contributed by atoms with Gasteiger partial charge in [-0.3, -0.25) is 0 Å². The van der Waals surface area contributed by atoms with E-state index in [9.17, 15) is 8.42 Å². The van der Waals surface area contributed by atoms with Gasteiger partial charge in [0.1, 0.15) is 0 Å². The summed E-state index contributed by atoms with van der Waals surface area (Å²) in [7, 11) is -3.58. The Morgan fingerprint density at radius 2 is 2.16 bits per heavy atom. The van der Waals surface area contributed by atoms with Gasteiger partial charge in [0.25, 0.3) is 0 Å². The van der Waals surface area contributed by atoms with Gasteiger partial charge in [0, 0.05) is 11.4 Å². The van der Waals surface area contributed by atoms with Gasteiger partial charge in [0.2, 0.25) is 10.0 Å². The van der Waals surface area contributed by atoms with Crippen molar-refractivity contribution in [2.45, 2.75) is 42.5 Å². The summed E-state index contributed by atoms with van der Waals surface area (Å²) in [5, 5.41) is 8.64. The van der Waals surface area contributed by atoms with Crippen LogP contribution in [-0.2, 0) is 10.0 Å². The number of halogens is 1. The highest BCUT2D eigenvalue weighted by molar-refractivity contribution is 7.89. The molecule has 6 heteroatoms. The van der Waals surface area contributed by atoms with Crippen molar-refractivity contribution in [1.82, 2.24) is 4.72 Å². The van der Waals surface area contributed by atoms with Gasteiger partial charge in [0.05, 0.1) is 16.5 Å². The lowest BCUT2D eigenvalue weighted by atomic mass is 10.2. The van der Waals surface area contributed by atoms with Gasteiger partial charge in [-0.15, -0.1) is 11.6 Å². The highest BCUT2D eigenvalue weighted by Crippen LogP contribution is 2.26.